The first-order chi connectivity index (χ1) is 9.63. The van der Waals surface area contributed by atoms with Crippen LogP contribution in [0.5, 0.6) is 0 Å². The summed E-state index contributed by atoms with van der Waals surface area (Å²) < 4.78 is 0. The Morgan fingerprint density at radius 3 is 2.75 bits per heavy atom. The molecular formula is C14H15ClN4O. The minimum atomic E-state index is -0.205. The Bertz CT molecular complexity index is 653. The number of halogens is 1. The van der Waals surface area contributed by atoms with Gasteiger partial charge in [0.2, 0.25) is 5.91 Å². The number of anilines is 1. The minimum Gasteiger partial charge on any atom is -0.369 e. The number of fused-ring (bicyclic) bond motifs is 1. The van der Waals surface area contributed by atoms with E-state index in [1.807, 2.05) is 12.1 Å². The van der Waals surface area contributed by atoms with Crippen LogP contribution < -0.4 is 10.6 Å². The van der Waals surface area contributed by atoms with Crippen molar-refractivity contribution in [2.45, 2.75) is 12.8 Å². The highest BCUT2D eigenvalue weighted by Crippen LogP contribution is 2.23. The van der Waals surface area contributed by atoms with E-state index in [0.29, 0.717) is 5.02 Å². The third-order valence-corrected chi connectivity index (χ3v) is 3.95. The fraction of sp³-hybridized carbons (Fsp3) is 0.357. The second kappa shape index (κ2) is 5.25. The lowest BCUT2D eigenvalue weighted by Crippen LogP contribution is -2.38. The summed E-state index contributed by atoms with van der Waals surface area (Å²) in [5.74, 6) is 0.616. The number of carbonyl (C=O) groups excluding carboxylic acids is 1. The van der Waals surface area contributed by atoms with Crippen LogP contribution in [0.2, 0.25) is 5.02 Å². The summed E-state index contributed by atoms with van der Waals surface area (Å²) in [6.07, 6.45) is 3.30. The molecule has 2 N–H and O–H groups in total. The third-order valence-electron chi connectivity index (χ3n) is 3.71. The van der Waals surface area contributed by atoms with Gasteiger partial charge in [-0.3, -0.25) is 9.78 Å². The molecule has 0 spiro atoms. The van der Waals surface area contributed by atoms with E-state index in [4.69, 9.17) is 17.3 Å². The van der Waals surface area contributed by atoms with Crippen molar-refractivity contribution >= 4 is 34.4 Å². The lowest BCUT2D eigenvalue weighted by Gasteiger charge is -2.31. The molecule has 0 unspecified atom stereocenters. The predicted octanol–water partition coefficient (Wildman–Crippen LogP) is 1.98. The Morgan fingerprint density at radius 2 is 2.05 bits per heavy atom. The van der Waals surface area contributed by atoms with Crippen molar-refractivity contribution in [1.82, 2.24) is 9.97 Å². The molecule has 5 nitrogen and oxygen atoms in total. The largest absolute Gasteiger partial charge is 0.369 e. The van der Waals surface area contributed by atoms with Gasteiger partial charge in [-0.25, -0.2) is 4.98 Å². The Balaban J connectivity index is 1.81. The molecule has 1 aromatic carbocycles. The fourth-order valence-electron chi connectivity index (χ4n) is 2.52. The average Bonchev–Trinajstić information content (AvgIpc) is 2.47. The van der Waals surface area contributed by atoms with Crippen LogP contribution in [0.4, 0.5) is 5.82 Å². The van der Waals surface area contributed by atoms with Crippen LogP contribution in [0.3, 0.4) is 0 Å². The molecule has 104 valence electrons. The molecule has 0 bridgehead atoms. The first-order valence-electron chi connectivity index (χ1n) is 6.60. The third kappa shape index (κ3) is 2.54. The normalized spacial score (nSPS) is 16.6. The van der Waals surface area contributed by atoms with E-state index in [-0.39, 0.29) is 11.8 Å². The highest BCUT2D eigenvalue weighted by molar-refractivity contribution is 6.31. The summed E-state index contributed by atoms with van der Waals surface area (Å²) in [5.41, 5.74) is 6.95. The molecule has 1 aliphatic rings. The molecule has 0 atom stereocenters. The number of rotatable bonds is 2. The number of hydrogen-bond acceptors (Lipinski definition) is 4. The summed E-state index contributed by atoms with van der Waals surface area (Å²) in [6.45, 7) is 1.56. The number of nitrogens with zero attached hydrogens (tertiary/aromatic N) is 3. The molecule has 20 heavy (non-hydrogen) atoms. The molecule has 2 heterocycles. The quantitative estimate of drug-likeness (QED) is 0.918. The minimum absolute atomic E-state index is 0.0153. The standard InChI is InChI=1S/C14H15ClN4O/c15-10-1-2-11-12(7-10)17-8-13(18-11)19-5-3-9(4-6-19)14(16)20/h1-2,7-9H,3-6H2,(H2,16,20). The maximum absolute atomic E-state index is 11.2. The SMILES string of the molecule is NC(=O)C1CCN(c2cnc3cc(Cl)ccc3n2)CC1. The molecule has 0 radical (unpaired) electrons. The first-order valence-corrected chi connectivity index (χ1v) is 6.98. The van der Waals surface area contributed by atoms with E-state index in [1.54, 1.807) is 12.3 Å². The van der Waals surface area contributed by atoms with Gasteiger partial charge in [0.15, 0.2) is 0 Å². The van der Waals surface area contributed by atoms with E-state index in [2.05, 4.69) is 14.9 Å². The van der Waals surface area contributed by atoms with Crippen LogP contribution >= 0.6 is 11.6 Å². The van der Waals surface area contributed by atoms with Gasteiger partial charge in [0.1, 0.15) is 5.82 Å². The van der Waals surface area contributed by atoms with Crippen molar-refractivity contribution in [3.05, 3.63) is 29.4 Å². The molecule has 1 fully saturated rings. The Labute approximate surface area is 121 Å². The zero-order valence-corrected chi connectivity index (χ0v) is 11.7. The number of nitrogens with two attached hydrogens (primary N) is 1. The number of aromatic nitrogens is 2. The average molecular weight is 291 g/mol. The molecule has 6 heteroatoms. The lowest BCUT2D eigenvalue weighted by atomic mass is 9.96. The predicted molar refractivity (Wildman–Crippen MR) is 78.7 cm³/mol. The van der Waals surface area contributed by atoms with Gasteiger partial charge in [-0.2, -0.15) is 0 Å². The smallest absolute Gasteiger partial charge is 0.220 e. The fourth-order valence-corrected chi connectivity index (χ4v) is 2.69. The van der Waals surface area contributed by atoms with Gasteiger partial charge in [0, 0.05) is 24.0 Å². The van der Waals surface area contributed by atoms with Crippen LogP contribution in [0.15, 0.2) is 24.4 Å². The van der Waals surface area contributed by atoms with Gasteiger partial charge >= 0.3 is 0 Å². The van der Waals surface area contributed by atoms with Crippen LogP contribution in [-0.4, -0.2) is 29.0 Å². The van der Waals surface area contributed by atoms with E-state index in [0.717, 1.165) is 42.8 Å². The number of primary amides is 1. The Hall–Kier alpha value is -1.88. The Kier molecular flexibility index (Phi) is 3.44. The van der Waals surface area contributed by atoms with Crippen molar-refractivity contribution in [3.8, 4) is 0 Å². The second-order valence-corrected chi connectivity index (χ2v) is 5.46. The molecule has 3 rings (SSSR count). The lowest BCUT2D eigenvalue weighted by molar-refractivity contribution is -0.122. The Morgan fingerprint density at radius 1 is 1.30 bits per heavy atom. The van der Waals surface area contributed by atoms with Gasteiger partial charge in [-0.15, -0.1) is 0 Å². The zero-order chi connectivity index (χ0) is 14.1. The molecule has 1 amide bonds. The number of amides is 1. The summed E-state index contributed by atoms with van der Waals surface area (Å²) >= 11 is 5.93. The van der Waals surface area contributed by atoms with Crippen LogP contribution in [-0.2, 0) is 4.79 Å². The van der Waals surface area contributed by atoms with Gasteiger partial charge in [-0.05, 0) is 31.0 Å². The number of hydrogen-bond donors (Lipinski definition) is 1. The summed E-state index contributed by atoms with van der Waals surface area (Å²) in [6, 6.07) is 5.47. The maximum atomic E-state index is 11.2. The summed E-state index contributed by atoms with van der Waals surface area (Å²) in [4.78, 5) is 22.3. The van der Waals surface area contributed by atoms with Crippen LogP contribution in [0.1, 0.15) is 12.8 Å². The topological polar surface area (TPSA) is 72.1 Å². The van der Waals surface area contributed by atoms with Crippen molar-refractivity contribution < 1.29 is 4.79 Å². The molecule has 1 aromatic heterocycles. The molecule has 1 aliphatic heterocycles. The van der Waals surface area contributed by atoms with Crippen molar-refractivity contribution in [3.63, 3.8) is 0 Å². The van der Waals surface area contributed by atoms with Gasteiger partial charge < -0.3 is 10.6 Å². The maximum Gasteiger partial charge on any atom is 0.220 e. The molecule has 1 saturated heterocycles. The van der Waals surface area contributed by atoms with Crippen molar-refractivity contribution in [2.75, 3.05) is 18.0 Å². The highest BCUT2D eigenvalue weighted by atomic mass is 35.5. The monoisotopic (exact) mass is 290 g/mol. The molecular weight excluding hydrogens is 276 g/mol. The number of piperidine rings is 1. The van der Waals surface area contributed by atoms with Crippen molar-refractivity contribution in [1.29, 1.82) is 0 Å². The van der Waals surface area contributed by atoms with E-state index >= 15 is 0 Å². The molecule has 2 aromatic rings. The van der Waals surface area contributed by atoms with Gasteiger partial charge in [-0.1, -0.05) is 11.6 Å². The van der Waals surface area contributed by atoms with E-state index in [1.165, 1.54) is 0 Å². The first kappa shape index (κ1) is 13.1. The number of benzene rings is 1. The van der Waals surface area contributed by atoms with Crippen molar-refractivity contribution in [2.24, 2.45) is 11.7 Å². The number of carbonyl (C=O) groups is 1. The van der Waals surface area contributed by atoms with Gasteiger partial charge in [0.25, 0.3) is 0 Å². The van der Waals surface area contributed by atoms with Gasteiger partial charge in [0.05, 0.1) is 17.2 Å². The zero-order valence-electron chi connectivity index (χ0n) is 10.9. The second-order valence-electron chi connectivity index (χ2n) is 5.02. The summed E-state index contributed by atoms with van der Waals surface area (Å²) in [5, 5.41) is 0.654. The summed E-state index contributed by atoms with van der Waals surface area (Å²) in [7, 11) is 0. The highest BCUT2D eigenvalue weighted by Gasteiger charge is 2.24. The van der Waals surface area contributed by atoms with Crippen LogP contribution in [0, 0.1) is 5.92 Å². The van der Waals surface area contributed by atoms with E-state index < -0.39 is 0 Å². The molecule has 0 aliphatic carbocycles. The molecule has 0 saturated carbocycles. The van der Waals surface area contributed by atoms with Crippen LogP contribution in [0.25, 0.3) is 11.0 Å². The van der Waals surface area contributed by atoms with E-state index in [9.17, 15) is 4.79 Å².